The molecule has 12 heteroatoms. The van der Waals surface area contributed by atoms with Crippen molar-refractivity contribution in [1.29, 1.82) is 0 Å². The Morgan fingerprint density at radius 1 is 0.935 bits per heavy atom. The van der Waals surface area contributed by atoms with Crippen LogP contribution in [0.1, 0.15) is 10.4 Å². The van der Waals surface area contributed by atoms with Crippen molar-refractivity contribution in [3.8, 4) is 5.82 Å². The molecule has 0 bridgehead atoms. The molecule has 3 aromatic rings. The number of piperazine rings is 1. The Balaban J connectivity index is 1.46. The van der Waals surface area contributed by atoms with Crippen LogP contribution in [0.3, 0.4) is 0 Å². The van der Waals surface area contributed by atoms with Crippen LogP contribution in [0.25, 0.3) is 5.82 Å². The van der Waals surface area contributed by atoms with Gasteiger partial charge in [-0.2, -0.15) is 13.9 Å². The molecule has 0 radical (unpaired) electrons. The third kappa shape index (κ3) is 4.10. The second-order valence-corrected chi connectivity index (χ2v) is 8.67. The van der Waals surface area contributed by atoms with Crippen molar-refractivity contribution in [3.63, 3.8) is 0 Å². The topological polar surface area (TPSA) is 101 Å². The van der Waals surface area contributed by atoms with Crippen LogP contribution in [-0.4, -0.2) is 71.1 Å². The molecule has 1 aliphatic rings. The highest BCUT2D eigenvalue weighted by molar-refractivity contribution is 7.91. The quantitative estimate of drug-likeness (QED) is 0.585. The summed E-state index contributed by atoms with van der Waals surface area (Å²) in [5.74, 6) is -3.00. The van der Waals surface area contributed by atoms with Gasteiger partial charge in [0.15, 0.2) is 11.6 Å². The molecule has 1 aliphatic heterocycles. The van der Waals surface area contributed by atoms with Crippen LogP contribution in [0.4, 0.5) is 14.6 Å². The number of hydrogen-bond donors (Lipinski definition) is 0. The maximum absolute atomic E-state index is 13.0. The van der Waals surface area contributed by atoms with E-state index in [9.17, 15) is 22.0 Å². The smallest absolute Gasteiger partial charge is 0.341 e. The molecule has 0 unspecified atom stereocenters. The number of benzene rings is 1. The van der Waals surface area contributed by atoms with Crippen molar-refractivity contribution < 1.29 is 22.0 Å². The number of alkyl halides is 2. The number of nitrogens with zero attached hydrogens (tertiary/aromatic N) is 6. The highest BCUT2D eigenvalue weighted by Gasteiger charge is 2.33. The van der Waals surface area contributed by atoms with E-state index in [0.717, 1.165) is 6.07 Å². The normalized spacial score (nSPS) is 14.8. The lowest BCUT2D eigenvalue weighted by Gasteiger charge is -2.35. The van der Waals surface area contributed by atoms with Crippen LogP contribution in [0.5, 0.6) is 0 Å². The van der Waals surface area contributed by atoms with Crippen LogP contribution in [0.15, 0.2) is 59.8 Å². The minimum absolute atomic E-state index is 0.250. The van der Waals surface area contributed by atoms with Gasteiger partial charge in [-0.15, -0.1) is 10.2 Å². The summed E-state index contributed by atoms with van der Waals surface area (Å²) in [5, 5.41) is 12.4. The molecule has 1 fully saturated rings. The summed E-state index contributed by atoms with van der Waals surface area (Å²) in [4.78, 5) is 15.6. The molecule has 1 saturated heterocycles. The van der Waals surface area contributed by atoms with E-state index in [2.05, 4.69) is 15.3 Å². The summed E-state index contributed by atoms with van der Waals surface area (Å²) in [7, 11) is -4.88. The lowest BCUT2D eigenvalue weighted by Crippen LogP contribution is -2.49. The average molecular weight is 448 g/mol. The van der Waals surface area contributed by atoms with Crippen LogP contribution in [0.2, 0.25) is 0 Å². The highest BCUT2D eigenvalue weighted by Crippen LogP contribution is 2.24. The zero-order chi connectivity index (χ0) is 22.0. The lowest BCUT2D eigenvalue weighted by molar-refractivity contribution is 0.0742. The van der Waals surface area contributed by atoms with E-state index in [0.29, 0.717) is 24.7 Å². The largest absolute Gasteiger partial charge is 0.352 e. The number of sulfone groups is 1. The molecule has 1 amide bonds. The Morgan fingerprint density at radius 3 is 2.23 bits per heavy atom. The zero-order valence-corrected chi connectivity index (χ0v) is 17.0. The number of carbonyl (C=O) groups excluding carboxylic acids is 1. The first-order valence-corrected chi connectivity index (χ1v) is 10.9. The second kappa shape index (κ2) is 8.38. The molecular weight excluding hydrogens is 430 g/mol. The fourth-order valence-corrected chi connectivity index (χ4v) is 4.23. The summed E-state index contributed by atoms with van der Waals surface area (Å²) < 4.78 is 51.5. The Morgan fingerprint density at radius 2 is 1.61 bits per heavy atom. The highest BCUT2D eigenvalue weighted by atomic mass is 32.2. The summed E-state index contributed by atoms with van der Waals surface area (Å²) >= 11 is 0. The Hall–Kier alpha value is -3.41. The standard InChI is InChI=1S/C19H18F2N6O3S/c20-19(21)31(29,30)15-5-2-1-4-14(15)18(28)26-12-10-25(11-13-26)16-6-7-17(24-23-16)27-9-3-8-22-27/h1-9,19H,10-13H2. The average Bonchev–Trinajstić information content (AvgIpc) is 3.34. The molecule has 1 aromatic carbocycles. The van der Waals surface area contributed by atoms with Crippen LogP contribution in [-0.2, 0) is 9.84 Å². The minimum atomic E-state index is -4.88. The van der Waals surface area contributed by atoms with Gasteiger partial charge in [0.25, 0.3) is 5.91 Å². The van der Waals surface area contributed by atoms with Gasteiger partial charge < -0.3 is 9.80 Å². The molecular formula is C19H18F2N6O3S. The molecule has 162 valence electrons. The van der Waals surface area contributed by atoms with E-state index in [1.807, 2.05) is 4.90 Å². The molecule has 0 N–H and O–H groups in total. The van der Waals surface area contributed by atoms with E-state index in [-0.39, 0.29) is 18.7 Å². The van der Waals surface area contributed by atoms with Crippen molar-refractivity contribution in [2.24, 2.45) is 0 Å². The van der Waals surface area contributed by atoms with Gasteiger partial charge in [0.05, 0.1) is 10.5 Å². The summed E-state index contributed by atoms with van der Waals surface area (Å²) in [6.45, 7) is 1.44. The molecule has 3 heterocycles. The number of amides is 1. The van der Waals surface area contributed by atoms with Gasteiger partial charge in [0.2, 0.25) is 9.84 Å². The van der Waals surface area contributed by atoms with Crippen molar-refractivity contribution >= 4 is 21.6 Å². The molecule has 2 aromatic heterocycles. The minimum Gasteiger partial charge on any atom is -0.352 e. The number of carbonyl (C=O) groups is 1. The third-order valence-electron chi connectivity index (χ3n) is 4.92. The summed E-state index contributed by atoms with van der Waals surface area (Å²) in [6, 6.07) is 10.4. The third-order valence-corrected chi connectivity index (χ3v) is 6.36. The van der Waals surface area contributed by atoms with Crippen molar-refractivity contribution in [1.82, 2.24) is 24.9 Å². The van der Waals surface area contributed by atoms with E-state index in [1.165, 1.54) is 23.1 Å². The maximum Gasteiger partial charge on any atom is 0.341 e. The van der Waals surface area contributed by atoms with Crippen LogP contribution >= 0.6 is 0 Å². The predicted octanol–water partition coefficient (Wildman–Crippen LogP) is 1.62. The molecule has 31 heavy (non-hydrogen) atoms. The fourth-order valence-electron chi connectivity index (χ4n) is 3.31. The number of halogens is 2. The number of aromatic nitrogens is 4. The van der Waals surface area contributed by atoms with E-state index >= 15 is 0 Å². The SMILES string of the molecule is O=C(c1ccccc1S(=O)(=O)C(F)F)N1CCN(c2ccc(-n3cccn3)nn2)CC1. The van der Waals surface area contributed by atoms with E-state index < -0.39 is 26.4 Å². The first-order chi connectivity index (χ1) is 14.9. The number of hydrogen-bond acceptors (Lipinski definition) is 7. The van der Waals surface area contributed by atoms with Crippen molar-refractivity contribution in [2.75, 3.05) is 31.1 Å². The van der Waals surface area contributed by atoms with Gasteiger partial charge in [-0.05, 0) is 30.3 Å². The monoisotopic (exact) mass is 448 g/mol. The lowest BCUT2D eigenvalue weighted by atomic mass is 10.2. The Kier molecular flexibility index (Phi) is 5.63. The zero-order valence-electron chi connectivity index (χ0n) is 16.2. The maximum atomic E-state index is 13.0. The molecule has 9 nitrogen and oxygen atoms in total. The molecule has 4 rings (SSSR count). The number of rotatable bonds is 5. The summed E-state index contributed by atoms with van der Waals surface area (Å²) in [6.07, 6.45) is 3.39. The van der Waals surface area contributed by atoms with Gasteiger partial charge >= 0.3 is 5.76 Å². The van der Waals surface area contributed by atoms with Crippen molar-refractivity contribution in [2.45, 2.75) is 10.7 Å². The van der Waals surface area contributed by atoms with E-state index in [1.54, 1.807) is 35.3 Å². The van der Waals surface area contributed by atoms with Crippen molar-refractivity contribution in [3.05, 3.63) is 60.4 Å². The molecule has 0 saturated carbocycles. The second-order valence-electron chi connectivity index (χ2n) is 6.78. The Labute approximate surface area is 176 Å². The van der Waals surface area contributed by atoms with E-state index in [4.69, 9.17) is 0 Å². The summed E-state index contributed by atoms with van der Waals surface area (Å²) in [5.41, 5.74) is -0.250. The van der Waals surface area contributed by atoms with Crippen LogP contribution in [0, 0.1) is 0 Å². The van der Waals surface area contributed by atoms with Crippen LogP contribution < -0.4 is 4.90 Å². The number of anilines is 1. The fraction of sp³-hybridized carbons (Fsp3) is 0.263. The molecule has 0 atom stereocenters. The molecule has 0 spiro atoms. The van der Waals surface area contributed by atoms with Gasteiger partial charge in [0.1, 0.15) is 0 Å². The van der Waals surface area contributed by atoms with Gasteiger partial charge in [-0.1, -0.05) is 12.1 Å². The predicted molar refractivity (Wildman–Crippen MR) is 107 cm³/mol. The Bertz CT molecular complexity index is 1160. The first-order valence-electron chi connectivity index (χ1n) is 9.37. The first kappa shape index (κ1) is 20.8. The molecule has 0 aliphatic carbocycles. The van der Waals surface area contributed by atoms with Gasteiger partial charge in [-0.25, -0.2) is 13.1 Å². The van der Waals surface area contributed by atoms with Gasteiger partial charge in [0, 0.05) is 38.6 Å². The van der Waals surface area contributed by atoms with Gasteiger partial charge in [-0.3, -0.25) is 4.79 Å².